The summed E-state index contributed by atoms with van der Waals surface area (Å²) in [6.45, 7) is -1.29. The Morgan fingerprint density at radius 2 is 1.95 bits per heavy atom. The van der Waals surface area contributed by atoms with Crippen LogP contribution in [0.5, 0.6) is 0 Å². The lowest BCUT2D eigenvalue weighted by Gasteiger charge is -2.16. The summed E-state index contributed by atoms with van der Waals surface area (Å²) in [6, 6.07) is 2.27. The average Bonchev–Trinajstić information content (AvgIpc) is 2.36. The van der Waals surface area contributed by atoms with Crippen LogP contribution in [0.4, 0.5) is 23.4 Å². The van der Waals surface area contributed by atoms with Crippen molar-refractivity contribution in [2.45, 2.75) is 17.2 Å². The first kappa shape index (κ1) is 16.6. The minimum Gasteiger partial charge on any atom is -0.364 e. The van der Waals surface area contributed by atoms with E-state index in [1.165, 1.54) is 14.1 Å². The molecule has 0 amide bonds. The largest absolute Gasteiger partial charge is 0.364 e. The van der Waals surface area contributed by atoms with Gasteiger partial charge in [0.25, 0.3) is 0 Å². The minimum atomic E-state index is -4.18. The number of sulfonamides is 1. The summed E-state index contributed by atoms with van der Waals surface area (Å²) < 4.78 is 73.5. The fraction of sp³-hybridized carbons (Fsp3) is 0.500. The average molecular weight is 315 g/mol. The summed E-state index contributed by atoms with van der Waals surface area (Å²) in [4.78, 5) is 3.46. The highest BCUT2D eigenvalue weighted by Gasteiger charge is 2.40. The van der Waals surface area contributed by atoms with Gasteiger partial charge in [-0.3, -0.25) is 0 Å². The highest BCUT2D eigenvalue weighted by atomic mass is 32.2. The van der Waals surface area contributed by atoms with Crippen molar-refractivity contribution >= 4 is 15.8 Å². The third-order valence-electron chi connectivity index (χ3n) is 2.34. The van der Waals surface area contributed by atoms with E-state index in [1.54, 1.807) is 0 Å². The van der Waals surface area contributed by atoms with Crippen molar-refractivity contribution < 1.29 is 26.0 Å². The smallest absolute Gasteiger partial charge is 0.324 e. The number of nitrogens with zero attached hydrogens (tertiary/aromatic N) is 2. The van der Waals surface area contributed by atoms with E-state index >= 15 is 0 Å². The third kappa shape index (κ3) is 3.79. The fourth-order valence-corrected chi connectivity index (χ4v) is 1.98. The van der Waals surface area contributed by atoms with Gasteiger partial charge in [-0.15, -0.1) is 0 Å². The van der Waals surface area contributed by atoms with E-state index in [9.17, 15) is 26.0 Å². The zero-order valence-electron chi connectivity index (χ0n) is 10.6. The molecule has 0 atom stereocenters. The molecule has 5 nitrogen and oxygen atoms in total. The predicted octanol–water partition coefficient (Wildman–Crippen LogP) is 1.64. The molecule has 0 aliphatic heterocycles. The van der Waals surface area contributed by atoms with E-state index in [2.05, 4.69) is 4.98 Å². The number of pyridine rings is 1. The van der Waals surface area contributed by atoms with Crippen molar-refractivity contribution in [1.29, 1.82) is 0 Å². The van der Waals surface area contributed by atoms with E-state index in [0.717, 1.165) is 22.6 Å². The summed E-state index contributed by atoms with van der Waals surface area (Å²) in [5.41, 5.74) is 0. The highest BCUT2D eigenvalue weighted by Crippen LogP contribution is 2.23. The Kier molecular flexibility index (Phi) is 4.92. The molecule has 0 bridgehead atoms. The van der Waals surface area contributed by atoms with E-state index in [4.69, 9.17) is 0 Å². The Labute approximate surface area is 113 Å². The molecule has 0 spiro atoms. The number of hydrogen-bond acceptors (Lipinski definition) is 4. The summed E-state index contributed by atoms with van der Waals surface area (Å²) in [5.74, 6) is -4.31. The van der Waals surface area contributed by atoms with Crippen molar-refractivity contribution in [1.82, 2.24) is 9.29 Å². The molecule has 1 heterocycles. The van der Waals surface area contributed by atoms with Gasteiger partial charge < -0.3 is 5.32 Å². The molecule has 0 fully saturated rings. The molecule has 114 valence electrons. The second-order valence-electron chi connectivity index (χ2n) is 4.08. The predicted molar refractivity (Wildman–Crippen MR) is 64.6 cm³/mol. The molecule has 0 saturated heterocycles. The van der Waals surface area contributed by atoms with Crippen molar-refractivity contribution in [2.24, 2.45) is 0 Å². The Morgan fingerprint density at radius 1 is 1.35 bits per heavy atom. The molecule has 1 aromatic heterocycles. The van der Waals surface area contributed by atoms with E-state index < -0.39 is 28.9 Å². The van der Waals surface area contributed by atoms with Crippen molar-refractivity contribution in [3.63, 3.8) is 0 Å². The molecular formula is C10H13F4N3O2S. The quantitative estimate of drug-likeness (QED) is 0.811. The molecule has 1 rings (SSSR count). The van der Waals surface area contributed by atoms with Gasteiger partial charge in [0.05, 0.1) is 6.54 Å². The molecular weight excluding hydrogens is 302 g/mol. The molecule has 1 N–H and O–H groups in total. The number of alkyl halides is 4. The van der Waals surface area contributed by atoms with Crippen LogP contribution in [0.25, 0.3) is 0 Å². The number of halogens is 4. The highest BCUT2D eigenvalue weighted by molar-refractivity contribution is 7.89. The maximum absolute atomic E-state index is 12.7. The second kappa shape index (κ2) is 5.92. The Hall–Kier alpha value is -1.42. The minimum absolute atomic E-state index is 0.122. The van der Waals surface area contributed by atoms with Crippen LogP contribution < -0.4 is 5.32 Å². The van der Waals surface area contributed by atoms with Gasteiger partial charge in [0.15, 0.2) is 0 Å². The molecule has 0 saturated carbocycles. The van der Waals surface area contributed by atoms with E-state index in [0.29, 0.717) is 0 Å². The molecule has 0 aliphatic carbocycles. The van der Waals surface area contributed by atoms with Crippen molar-refractivity contribution in [3.05, 3.63) is 18.3 Å². The van der Waals surface area contributed by atoms with Crippen LogP contribution in [0.2, 0.25) is 0 Å². The first-order valence-electron chi connectivity index (χ1n) is 5.36. The van der Waals surface area contributed by atoms with Crippen LogP contribution in [0, 0.1) is 0 Å². The Balaban J connectivity index is 2.79. The van der Waals surface area contributed by atoms with Gasteiger partial charge in [0.2, 0.25) is 10.0 Å². The van der Waals surface area contributed by atoms with Crippen LogP contribution in [-0.2, 0) is 10.0 Å². The van der Waals surface area contributed by atoms with Crippen LogP contribution in [0.1, 0.15) is 0 Å². The first-order valence-corrected chi connectivity index (χ1v) is 6.80. The van der Waals surface area contributed by atoms with Crippen molar-refractivity contribution in [3.8, 4) is 0 Å². The lowest BCUT2D eigenvalue weighted by molar-refractivity contribution is -0.117. The molecule has 10 heteroatoms. The van der Waals surface area contributed by atoms with Gasteiger partial charge in [-0.1, -0.05) is 0 Å². The molecule has 20 heavy (non-hydrogen) atoms. The molecule has 0 radical (unpaired) electrons. The standard InChI is InChI=1S/C10H13F4N3O2S/c1-17(2)20(18,19)7-3-4-8(15-5-7)16-6-10(13,14)9(11)12/h3-5,9H,6H2,1-2H3,(H,15,16). The number of rotatable bonds is 6. The van der Waals surface area contributed by atoms with Gasteiger partial charge in [-0.2, -0.15) is 8.78 Å². The summed E-state index contributed by atoms with van der Waals surface area (Å²) >= 11 is 0. The zero-order chi connectivity index (χ0) is 15.6. The lowest BCUT2D eigenvalue weighted by Crippen LogP contribution is -2.35. The van der Waals surface area contributed by atoms with Gasteiger partial charge >= 0.3 is 12.3 Å². The summed E-state index contributed by atoms with van der Waals surface area (Å²) in [5, 5.41) is 2.02. The Bertz CT molecular complexity index is 546. The third-order valence-corrected chi connectivity index (χ3v) is 4.14. The van der Waals surface area contributed by atoms with Gasteiger partial charge in [-0.05, 0) is 12.1 Å². The second-order valence-corrected chi connectivity index (χ2v) is 6.23. The number of nitrogens with one attached hydrogen (secondary N) is 1. The number of hydrogen-bond donors (Lipinski definition) is 1. The van der Waals surface area contributed by atoms with Crippen LogP contribution in [-0.4, -0.2) is 50.7 Å². The summed E-state index contributed by atoms with van der Waals surface area (Å²) in [7, 11) is -1.03. The van der Waals surface area contributed by atoms with Crippen LogP contribution in [0.15, 0.2) is 23.2 Å². The zero-order valence-corrected chi connectivity index (χ0v) is 11.5. The maximum Gasteiger partial charge on any atom is 0.324 e. The maximum atomic E-state index is 12.7. The monoisotopic (exact) mass is 315 g/mol. The number of aromatic nitrogens is 1. The van der Waals surface area contributed by atoms with Crippen LogP contribution in [0.3, 0.4) is 0 Å². The first-order chi connectivity index (χ1) is 9.07. The van der Waals surface area contributed by atoms with Gasteiger partial charge in [0, 0.05) is 20.3 Å². The molecule has 0 aromatic carbocycles. The van der Waals surface area contributed by atoms with Gasteiger partial charge in [-0.25, -0.2) is 26.5 Å². The van der Waals surface area contributed by atoms with E-state index in [-0.39, 0.29) is 10.7 Å². The molecule has 0 aliphatic rings. The summed E-state index contributed by atoms with van der Waals surface area (Å²) in [6.07, 6.45) is -2.83. The Morgan fingerprint density at radius 3 is 2.35 bits per heavy atom. The molecule has 0 unspecified atom stereocenters. The lowest BCUT2D eigenvalue weighted by atomic mass is 10.3. The normalized spacial score (nSPS) is 13.0. The van der Waals surface area contributed by atoms with E-state index in [1.807, 2.05) is 5.32 Å². The number of anilines is 1. The topological polar surface area (TPSA) is 62.3 Å². The van der Waals surface area contributed by atoms with Gasteiger partial charge in [0.1, 0.15) is 10.7 Å². The SMILES string of the molecule is CN(C)S(=O)(=O)c1ccc(NCC(F)(F)C(F)F)nc1. The van der Waals surface area contributed by atoms with Crippen LogP contribution >= 0.6 is 0 Å². The van der Waals surface area contributed by atoms with Crippen molar-refractivity contribution in [2.75, 3.05) is 26.0 Å². The molecule has 1 aromatic rings. The fourth-order valence-electron chi connectivity index (χ4n) is 1.13.